The lowest BCUT2D eigenvalue weighted by molar-refractivity contribution is 0.300. The maximum atomic E-state index is 5.83. The van der Waals surface area contributed by atoms with Gasteiger partial charge < -0.3 is 10.1 Å². The number of aryl methyl sites for hydroxylation is 2. The number of nitrogens with zero attached hydrogens (tertiary/aromatic N) is 3. The monoisotopic (exact) mass is 286 g/mol. The molecular formula is C16H22N4O. The van der Waals surface area contributed by atoms with Crippen LogP contribution in [0.2, 0.25) is 0 Å². The first kappa shape index (κ1) is 14.1. The molecule has 21 heavy (non-hydrogen) atoms. The van der Waals surface area contributed by atoms with Crippen LogP contribution in [0.5, 0.6) is 5.75 Å². The Morgan fingerprint density at radius 1 is 1.43 bits per heavy atom. The third-order valence-corrected chi connectivity index (χ3v) is 3.92. The Hall–Kier alpha value is -1.88. The molecule has 0 bridgehead atoms. The van der Waals surface area contributed by atoms with Gasteiger partial charge in [-0.1, -0.05) is 18.2 Å². The molecule has 0 radical (unpaired) electrons. The zero-order valence-corrected chi connectivity index (χ0v) is 12.7. The molecule has 0 spiro atoms. The summed E-state index contributed by atoms with van der Waals surface area (Å²) in [4.78, 5) is 0. The molecule has 3 rings (SSSR count). The van der Waals surface area contributed by atoms with Gasteiger partial charge in [-0.25, -0.2) is 0 Å². The predicted octanol–water partition coefficient (Wildman–Crippen LogP) is 2.38. The molecule has 1 atom stereocenters. The highest BCUT2D eigenvalue weighted by Crippen LogP contribution is 2.32. The van der Waals surface area contributed by atoms with E-state index in [1.807, 2.05) is 13.2 Å². The van der Waals surface area contributed by atoms with E-state index >= 15 is 0 Å². The summed E-state index contributed by atoms with van der Waals surface area (Å²) in [5, 5.41) is 11.5. The SMILES string of the molecule is CCNC1CCCc2cc(OCc3cn(C)nn3)ccc21. The fourth-order valence-electron chi connectivity index (χ4n) is 2.96. The zero-order chi connectivity index (χ0) is 14.7. The smallest absolute Gasteiger partial charge is 0.134 e. The number of fused-ring (bicyclic) bond motifs is 1. The number of aromatic nitrogens is 3. The number of benzene rings is 1. The number of rotatable bonds is 5. The van der Waals surface area contributed by atoms with Crippen molar-refractivity contribution in [1.29, 1.82) is 0 Å². The van der Waals surface area contributed by atoms with Crippen molar-refractivity contribution in [2.45, 2.75) is 38.8 Å². The van der Waals surface area contributed by atoms with Gasteiger partial charge >= 0.3 is 0 Å². The Morgan fingerprint density at radius 2 is 2.33 bits per heavy atom. The van der Waals surface area contributed by atoms with Crippen LogP contribution in [0.1, 0.15) is 42.6 Å². The summed E-state index contributed by atoms with van der Waals surface area (Å²) in [6.07, 6.45) is 5.47. The molecule has 1 unspecified atom stereocenters. The lowest BCUT2D eigenvalue weighted by atomic mass is 9.87. The van der Waals surface area contributed by atoms with Crippen molar-refractivity contribution in [1.82, 2.24) is 20.3 Å². The second-order valence-corrected chi connectivity index (χ2v) is 5.54. The maximum absolute atomic E-state index is 5.83. The second-order valence-electron chi connectivity index (χ2n) is 5.54. The predicted molar refractivity (Wildman–Crippen MR) is 81.1 cm³/mol. The summed E-state index contributed by atoms with van der Waals surface area (Å²) >= 11 is 0. The summed E-state index contributed by atoms with van der Waals surface area (Å²) in [6, 6.07) is 6.93. The quantitative estimate of drug-likeness (QED) is 0.917. The third kappa shape index (κ3) is 3.24. The molecule has 1 heterocycles. The molecular weight excluding hydrogens is 264 g/mol. The number of ether oxygens (including phenoxy) is 1. The summed E-state index contributed by atoms with van der Waals surface area (Å²) < 4.78 is 7.52. The summed E-state index contributed by atoms with van der Waals surface area (Å²) in [6.45, 7) is 3.63. The van der Waals surface area contributed by atoms with Gasteiger partial charge in [-0.2, -0.15) is 0 Å². The molecule has 1 aliphatic rings. The normalized spacial score (nSPS) is 17.5. The van der Waals surface area contributed by atoms with E-state index in [1.165, 1.54) is 24.0 Å². The molecule has 1 N–H and O–H groups in total. The average molecular weight is 286 g/mol. The van der Waals surface area contributed by atoms with Crippen LogP contribution in [0.15, 0.2) is 24.4 Å². The molecule has 0 amide bonds. The molecule has 0 saturated heterocycles. The molecule has 5 heteroatoms. The molecule has 2 aromatic rings. The lowest BCUT2D eigenvalue weighted by Gasteiger charge is -2.26. The summed E-state index contributed by atoms with van der Waals surface area (Å²) in [5.41, 5.74) is 3.68. The Balaban J connectivity index is 1.70. The number of nitrogens with one attached hydrogen (secondary N) is 1. The Bertz CT molecular complexity index is 608. The number of hydrogen-bond donors (Lipinski definition) is 1. The van der Waals surface area contributed by atoms with Crippen molar-refractivity contribution in [2.24, 2.45) is 7.05 Å². The molecule has 0 saturated carbocycles. The second kappa shape index (κ2) is 6.26. The number of hydrogen-bond acceptors (Lipinski definition) is 4. The fourth-order valence-corrected chi connectivity index (χ4v) is 2.96. The van der Waals surface area contributed by atoms with E-state index in [-0.39, 0.29) is 0 Å². The van der Waals surface area contributed by atoms with Gasteiger partial charge in [-0.15, -0.1) is 5.10 Å². The third-order valence-electron chi connectivity index (χ3n) is 3.92. The minimum absolute atomic E-state index is 0.462. The van der Waals surface area contributed by atoms with Gasteiger partial charge in [0.1, 0.15) is 18.1 Å². The summed E-state index contributed by atoms with van der Waals surface area (Å²) in [7, 11) is 1.86. The van der Waals surface area contributed by atoms with Gasteiger partial charge in [0.15, 0.2) is 0 Å². The molecule has 5 nitrogen and oxygen atoms in total. The molecule has 1 aromatic carbocycles. The van der Waals surface area contributed by atoms with Crippen LogP contribution >= 0.6 is 0 Å². The summed E-state index contributed by atoms with van der Waals surface area (Å²) in [5.74, 6) is 0.913. The Kier molecular flexibility index (Phi) is 4.20. The van der Waals surface area contributed by atoms with Gasteiger partial charge in [-0.05, 0) is 49.1 Å². The van der Waals surface area contributed by atoms with E-state index in [0.717, 1.165) is 24.4 Å². The maximum Gasteiger partial charge on any atom is 0.134 e. The highest BCUT2D eigenvalue weighted by molar-refractivity contribution is 5.39. The van der Waals surface area contributed by atoms with E-state index in [1.54, 1.807) is 4.68 Å². The molecule has 112 valence electrons. The van der Waals surface area contributed by atoms with E-state index in [4.69, 9.17) is 4.74 Å². The van der Waals surface area contributed by atoms with Crippen molar-refractivity contribution < 1.29 is 4.74 Å². The first-order chi connectivity index (χ1) is 10.3. The van der Waals surface area contributed by atoms with Crippen LogP contribution in [0, 0.1) is 0 Å². The molecule has 0 fully saturated rings. The largest absolute Gasteiger partial charge is 0.487 e. The van der Waals surface area contributed by atoms with E-state index in [0.29, 0.717) is 12.6 Å². The lowest BCUT2D eigenvalue weighted by Crippen LogP contribution is -2.24. The van der Waals surface area contributed by atoms with Crippen molar-refractivity contribution in [2.75, 3.05) is 6.54 Å². The topological polar surface area (TPSA) is 52.0 Å². The Labute approximate surface area is 125 Å². The van der Waals surface area contributed by atoms with Gasteiger partial charge in [0.2, 0.25) is 0 Å². The minimum Gasteiger partial charge on any atom is -0.487 e. The highest BCUT2D eigenvalue weighted by atomic mass is 16.5. The average Bonchev–Trinajstić information content (AvgIpc) is 2.91. The first-order valence-electron chi connectivity index (χ1n) is 7.60. The molecule has 1 aliphatic carbocycles. The highest BCUT2D eigenvalue weighted by Gasteiger charge is 2.19. The van der Waals surface area contributed by atoms with Crippen LogP contribution in [0.25, 0.3) is 0 Å². The van der Waals surface area contributed by atoms with Crippen molar-refractivity contribution in [3.63, 3.8) is 0 Å². The Morgan fingerprint density at radius 3 is 3.10 bits per heavy atom. The zero-order valence-electron chi connectivity index (χ0n) is 12.7. The van der Waals surface area contributed by atoms with E-state index in [2.05, 4.69) is 40.8 Å². The molecule has 1 aromatic heterocycles. The standard InChI is InChI=1S/C16H22N4O/c1-3-17-16-6-4-5-12-9-14(7-8-15(12)16)21-11-13-10-20(2)19-18-13/h7-10,16-17H,3-6,11H2,1-2H3. The van der Waals surface area contributed by atoms with E-state index < -0.39 is 0 Å². The van der Waals surface area contributed by atoms with E-state index in [9.17, 15) is 0 Å². The first-order valence-corrected chi connectivity index (χ1v) is 7.60. The minimum atomic E-state index is 0.462. The van der Waals surface area contributed by atoms with Gasteiger partial charge in [0, 0.05) is 13.1 Å². The van der Waals surface area contributed by atoms with Crippen LogP contribution in [0.4, 0.5) is 0 Å². The fraction of sp³-hybridized carbons (Fsp3) is 0.500. The van der Waals surface area contributed by atoms with Crippen LogP contribution in [-0.4, -0.2) is 21.5 Å². The van der Waals surface area contributed by atoms with Gasteiger partial charge in [-0.3, -0.25) is 4.68 Å². The van der Waals surface area contributed by atoms with Crippen molar-refractivity contribution in [3.05, 3.63) is 41.2 Å². The van der Waals surface area contributed by atoms with Gasteiger partial charge in [0.25, 0.3) is 0 Å². The van der Waals surface area contributed by atoms with Crippen LogP contribution in [0.3, 0.4) is 0 Å². The van der Waals surface area contributed by atoms with Crippen molar-refractivity contribution in [3.8, 4) is 5.75 Å². The van der Waals surface area contributed by atoms with Crippen molar-refractivity contribution >= 4 is 0 Å². The molecule has 0 aliphatic heterocycles. The van der Waals surface area contributed by atoms with Gasteiger partial charge in [0.05, 0.1) is 6.20 Å². The van der Waals surface area contributed by atoms with Crippen LogP contribution in [-0.2, 0) is 20.1 Å². The van der Waals surface area contributed by atoms with Crippen LogP contribution < -0.4 is 10.1 Å².